The minimum absolute atomic E-state index is 0.0834. The van der Waals surface area contributed by atoms with Gasteiger partial charge in [0.25, 0.3) is 0 Å². The van der Waals surface area contributed by atoms with Gasteiger partial charge in [-0.25, -0.2) is 4.39 Å². The van der Waals surface area contributed by atoms with Gasteiger partial charge in [-0.2, -0.15) is 0 Å². The summed E-state index contributed by atoms with van der Waals surface area (Å²) in [5.41, 5.74) is 0.516. The zero-order valence-electron chi connectivity index (χ0n) is 10.6. The lowest BCUT2D eigenvalue weighted by atomic mass is 10.0. The minimum atomic E-state index is -1.17. The minimum Gasteiger partial charge on any atom is -0.496 e. The van der Waals surface area contributed by atoms with E-state index in [2.05, 4.69) is 4.98 Å². The van der Waals surface area contributed by atoms with E-state index in [1.54, 1.807) is 12.1 Å². The third kappa shape index (κ3) is 2.66. The van der Waals surface area contributed by atoms with Crippen LogP contribution in [0, 0.1) is 5.82 Å². The summed E-state index contributed by atoms with van der Waals surface area (Å²) < 4.78 is 24.0. The second kappa shape index (κ2) is 5.67. The molecule has 1 unspecified atom stereocenters. The van der Waals surface area contributed by atoms with Gasteiger partial charge < -0.3 is 14.6 Å². The quantitative estimate of drug-likeness (QED) is 0.919. The van der Waals surface area contributed by atoms with Crippen molar-refractivity contribution >= 4 is 0 Å². The molecule has 0 radical (unpaired) electrons. The highest BCUT2D eigenvalue weighted by atomic mass is 19.1. The first kappa shape index (κ1) is 13.3. The molecule has 1 heterocycles. The Kier molecular flexibility index (Phi) is 3.97. The molecule has 0 saturated carbocycles. The molecule has 0 aliphatic rings. The smallest absolute Gasteiger partial charge is 0.137 e. The Morgan fingerprint density at radius 2 is 2.00 bits per heavy atom. The summed E-state index contributed by atoms with van der Waals surface area (Å²) in [4.78, 5) is 3.94. The van der Waals surface area contributed by atoms with E-state index >= 15 is 0 Å². The van der Waals surface area contributed by atoms with Crippen molar-refractivity contribution in [3.05, 3.63) is 53.6 Å². The van der Waals surface area contributed by atoms with Crippen molar-refractivity contribution in [1.29, 1.82) is 0 Å². The van der Waals surface area contributed by atoms with Crippen LogP contribution in [0.3, 0.4) is 0 Å². The third-order valence-corrected chi connectivity index (χ3v) is 2.79. The molecule has 0 aliphatic heterocycles. The molecule has 1 atom stereocenters. The number of rotatable bonds is 4. The second-order valence-electron chi connectivity index (χ2n) is 3.92. The first-order valence-corrected chi connectivity index (χ1v) is 5.66. The summed E-state index contributed by atoms with van der Waals surface area (Å²) in [6, 6.07) is 5.99. The lowest BCUT2D eigenvalue weighted by Crippen LogP contribution is -2.06. The van der Waals surface area contributed by atoms with Crippen LogP contribution in [0.1, 0.15) is 17.2 Å². The standard InChI is InChI=1S/C14H14FNO3/c1-18-10-6-9(7-16-8-10)14(17)13-11(15)4-3-5-12(13)19-2/h3-8,14,17H,1-2H3. The summed E-state index contributed by atoms with van der Waals surface area (Å²) in [5.74, 6) is 0.247. The Morgan fingerprint density at radius 1 is 1.21 bits per heavy atom. The molecule has 2 aromatic rings. The topological polar surface area (TPSA) is 51.6 Å². The van der Waals surface area contributed by atoms with Crippen LogP contribution in [0.25, 0.3) is 0 Å². The van der Waals surface area contributed by atoms with Crippen molar-refractivity contribution in [3.63, 3.8) is 0 Å². The Bertz CT molecular complexity index is 574. The molecular formula is C14H14FNO3. The largest absolute Gasteiger partial charge is 0.496 e. The molecule has 0 aliphatic carbocycles. The van der Waals surface area contributed by atoms with Crippen LogP contribution < -0.4 is 9.47 Å². The van der Waals surface area contributed by atoms with E-state index in [1.807, 2.05) is 0 Å². The van der Waals surface area contributed by atoms with E-state index in [4.69, 9.17) is 9.47 Å². The molecule has 1 aromatic heterocycles. The van der Waals surface area contributed by atoms with Gasteiger partial charge in [0, 0.05) is 11.8 Å². The predicted molar refractivity (Wildman–Crippen MR) is 67.8 cm³/mol. The molecule has 0 fully saturated rings. The average molecular weight is 263 g/mol. The van der Waals surface area contributed by atoms with E-state index in [0.717, 1.165) is 0 Å². The molecule has 4 nitrogen and oxygen atoms in total. The van der Waals surface area contributed by atoms with Gasteiger partial charge in [-0.3, -0.25) is 4.98 Å². The van der Waals surface area contributed by atoms with Crippen LogP contribution in [0.4, 0.5) is 4.39 Å². The van der Waals surface area contributed by atoms with Gasteiger partial charge in [0.1, 0.15) is 23.4 Å². The average Bonchev–Trinajstić information content (AvgIpc) is 2.46. The summed E-state index contributed by atoms with van der Waals surface area (Å²) >= 11 is 0. The number of pyridine rings is 1. The number of hydrogen-bond acceptors (Lipinski definition) is 4. The summed E-state index contributed by atoms with van der Waals surface area (Å²) in [5, 5.41) is 10.3. The highest BCUT2D eigenvalue weighted by Crippen LogP contribution is 2.32. The van der Waals surface area contributed by atoms with Crippen LogP contribution in [-0.4, -0.2) is 24.3 Å². The monoisotopic (exact) mass is 263 g/mol. The van der Waals surface area contributed by atoms with Gasteiger partial charge in [0.15, 0.2) is 0 Å². The maximum Gasteiger partial charge on any atom is 0.137 e. The van der Waals surface area contributed by atoms with Crippen molar-refractivity contribution in [2.45, 2.75) is 6.10 Å². The molecule has 0 spiro atoms. The van der Waals surface area contributed by atoms with Crippen molar-refractivity contribution < 1.29 is 19.0 Å². The van der Waals surface area contributed by atoms with E-state index in [9.17, 15) is 9.50 Å². The molecule has 5 heteroatoms. The Morgan fingerprint density at radius 3 is 2.68 bits per heavy atom. The summed E-state index contributed by atoms with van der Waals surface area (Å²) in [6.45, 7) is 0. The van der Waals surface area contributed by atoms with Gasteiger partial charge in [-0.15, -0.1) is 0 Å². The number of aromatic nitrogens is 1. The fourth-order valence-corrected chi connectivity index (χ4v) is 1.82. The van der Waals surface area contributed by atoms with E-state index in [-0.39, 0.29) is 11.3 Å². The maximum atomic E-state index is 13.9. The molecule has 1 aromatic carbocycles. The first-order valence-electron chi connectivity index (χ1n) is 5.66. The number of methoxy groups -OCH3 is 2. The van der Waals surface area contributed by atoms with Crippen molar-refractivity contribution in [3.8, 4) is 11.5 Å². The van der Waals surface area contributed by atoms with Crippen LogP contribution in [-0.2, 0) is 0 Å². The number of benzene rings is 1. The van der Waals surface area contributed by atoms with Crippen molar-refractivity contribution in [2.24, 2.45) is 0 Å². The van der Waals surface area contributed by atoms with E-state index in [0.29, 0.717) is 11.3 Å². The molecule has 19 heavy (non-hydrogen) atoms. The van der Waals surface area contributed by atoms with Gasteiger partial charge in [-0.1, -0.05) is 6.07 Å². The molecule has 0 saturated heterocycles. The number of aliphatic hydroxyl groups excluding tert-OH is 1. The first-order chi connectivity index (χ1) is 9.17. The van der Waals surface area contributed by atoms with Crippen LogP contribution >= 0.6 is 0 Å². The highest BCUT2D eigenvalue weighted by molar-refractivity contribution is 5.41. The molecule has 2 rings (SSSR count). The predicted octanol–water partition coefficient (Wildman–Crippen LogP) is 2.32. The fourth-order valence-electron chi connectivity index (χ4n) is 1.82. The number of nitrogens with zero attached hydrogens (tertiary/aromatic N) is 1. The van der Waals surface area contributed by atoms with Gasteiger partial charge in [0.2, 0.25) is 0 Å². The van der Waals surface area contributed by atoms with Crippen molar-refractivity contribution in [1.82, 2.24) is 4.98 Å². The molecule has 0 bridgehead atoms. The number of hydrogen-bond donors (Lipinski definition) is 1. The second-order valence-corrected chi connectivity index (χ2v) is 3.92. The number of ether oxygens (including phenoxy) is 2. The Balaban J connectivity index is 2.46. The Hall–Kier alpha value is -2.14. The van der Waals surface area contributed by atoms with Gasteiger partial charge >= 0.3 is 0 Å². The van der Waals surface area contributed by atoms with Crippen LogP contribution in [0.5, 0.6) is 11.5 Å². The number of halogens is 1. The van der Waals surface area contributed by atoms with Gasteiger partial charge in [-0.05, 0) is 18.2 Å². The lowest BCUT2D eigenvalue weighted by molar-refractivity contribution is 0.208. The maximum absolute atomic E-state index is 13.9. The third-order valence-electron chi connectivity index (χ3n) is 2.79. The Labute approximate surface area is 110 Å². The molecule has 0 amide bonds. The molecular weight excluding hydrogens is 249 g/mol. The molecule has 100 valence electrons. The highest BCUT2D eigenvalue weighted by Gasteiger charge is 2.20. The van der Waals surface area contributed by atoms with E-state index in [1.165, 1.54) is 38.7 Å². The SMILES string of the molecule is COc1cncc(C(O)c2c(F)cccc2OC)c1. The zero-order valence-corrected chi connectivity index (χ0v) is 10.6. The van der Waals surface area contributed by atoms with E-state index < -0.39 is 11.9 Å². The molecule has 1 N–H and O–H groups in total. The van der Waals surface area contributed by atoms with Gasteiger partial charge in [0.05, 0.1) is 26.0 Å². The van der Waals surface area contributed by atoms with Crippen molar-refractivity contribution in [2.75, 3.05) is 14.2 Å². The van der Waals surface area contributed by atoms with Crippen LogP contribution in [0.2, 0.25) is 0 Å². The fraction of sp³-hybridized carbons (Fsp3) is 0.214. The normalized spacial score (nSPS) is 12.0. The summed E-state index contributed by atoms with van der Waals surface area (Å²) in [6.07, 6.45) is 1.80. The summed E-state index contributed by atoms with van der Waals surface area (Å²) in [7, 11) is 2.92. The zero-order chi connectivity index (χ0) is 13.8. The lowest BCUT2D eigenvalue weighted by Gasteiger charge is -2.16. The number of aliphatic hydroxyl groups is 1. The van der Waals surface area contributed by atoms with Crippen LogP contribution in [0.15, 0.2) is 36.7 Å².